The van der Waals surface area contributed by atoms with Gasteiger partial charge in [-0.05, 0) is 82.9 Å². The second-order valence-corrected chi connectivity index (χ2v) is 18.6. The number of hydrogen-bond donors (Lipinski definition) is 0. The Morgan fingerprint density at radius 1 is 0.400 bits per heavy atom. The topological polar surface area (TPSA) is 38.4 Å². The van der Waals surface area contributed by atoms with E-state index in [-0.39, 0.29) is 0 Å². The van der Waals surface area contributed by atoms with Crippen LogP contribution in [0, 0.1) is 0 Å². The van der Waals surface area contributed by atoms with Crippen LogP contribution in [0.4, 0.5) is 17.1 Å². The normalized spacial score (nSPS) is 17.8. The van der Waals surface area contributed by atoms with Crippen LogP contribution in [0.25, 0.3) is 49.4 Å². The van der Waals surface area contributed by atoms with Crippen molar-refractivity contribution in [2.75, 3.05) is 4.90 Å². The zero-order chi connectivity index (χ0) is 39.6. The number of furan rings is 1. The maximum absolute atomic E-state index is 16.7. The molecule has 9 aromatic carbocycles. The predicted octanol–water partition coefficient (Wildman–Crippen LogP) is 12.8. The van der Waals surface area contributed by atoms with Crippen molar-refractivity contribution in [3.05, 3.63) is 235 Å². The van der Waals surface area contributed by atoms with E-state index >= 15 is 4.57 Å². The van der Waals surface area contributed by atoms with E-state index in [9.17, 15) is 0 Å². The van der Waals surface area contributed by atoms with Crippen molar-refractivity contribution in [3.8, 4) is 5.69 Å². The van der Waals surface area contributed by atoms with E-state index in [1.54, 1.807) is 0 Å². The lowest BCUT2D eigenvalue weighted by molar-refractivity contribution is 0.590. The lowest BCUT2D eigenvalue weighted by Gasteiger charge is -2.50. The van der Waals surface area contributed by atoms with Gasteiger partial charge in [-0.15, -0.1) is 0 Å². The average molecular weight is 787 g/mol. The summed E-state index contributed by atoms with van der Waals surface area (Å²) in [5.74, 6) is 0. The Hall–Kier alpha value is -7.39. The summed E-state index contributed by atoms with van der Waals surface area (Å²) in [6.45, 7) is 0. The first kappa shape index (κ1) is 33.6. The van der Waals surface area contributed by atoms with Crippen LogP contribution in [0.5, 0.6) is 0 Å². The zero-order valence-electron chi connectivity index (χ0n) is 32.4. The Kier molecular flexibility index (Phi) is 6.89. The molecule has 0 radical (unpaired) electrons. The fourth-order valence-electron chi connectivity index (χ4n) is 10.6. The molecule has 2 aliphatic heterocycles. The minimum atomic E-state index is -3.46. The first-order chi connectivity index (χ1) is 29.7. The van der Waals surface area contributed by atoms with Crippen LogP contribution in [0.1, 0.15) is 22.3 Å². The lowest BCUT2D eigenvalue weighted by Crippen LogP contribution is -2.49. The Morgan fingerprint density at radius 2 is 1.00 bits per heavy atom. The predicted molar refractivity (Wildman–Crippen MR) is 248 cm³/mol. The number of fused-ring (bicyclic) bond motifs is 14. The third-order valence-electron chi connectivity index (χ3n) is 13.0. The fourth-order valence-corrected chi connectivity index (χ4v) is 13.8. The molecule has 0 N–H and O–H groups in total. The quantitative estimate of drug-likeness (QED) is 0.167. The highest BCUT2D eigenvalue weighted by molar-refractivity contribution is 7.85. The van der Waals surface area contributed by atoms with Gasteiger partial charge >= 0.3 is 0 Å². The van der Waals surface area contributed by atoms with Crippen LogP contribution < -0.4 is 20.8 Å². The second-order valence-electron chi connectivity index (χ2n) is 15.9. The van der Waals surface area contributed by atoms with Crippen molar-refractivity contribution in [1.82, 2.24) is 4.57 Å². The maximum Gasteiger partial charge on any atom is 0.171 e. The molecule has 0 fully saturated rings. The minimum Gasteiger partial charge on any atom is -0.456 e. The third kappa shape index (κ3) is 4.28. The summed E-state index contributed by atoms with van der Waals surface area (Å²) < 4.78 is 25.7. The number of rotatable bonds is 3. The number of anilines is 3. The van der Waals surface area contributed by atoms with Gasteiger partial charge in [0, 0.05) is 48.8 Å². The minimum absolute atomic E-state index is 0.734. The molecule has 0 aliphatic carbocycles. The van der Waals surface area contributed by atoms with Gasteiger partial charge < -0.3 is 18.4 Å². The molecule has 4 heterocycles. The van der Waals surface area contributed by atoms with Gasteiger partial charge in [0.25, 0.3) is 0 Å². The van der Waals surface area contributed by atoms with Crippen LogP contribution in [-0.4, -0.2) is 4.57 Å². The molecule has 0 amide bonds. The highest BCUT2D eigenvalue weighted by Gasteiger charge is 2.55. The van der Waals surface area contributed by atoms with E-state index in [4.69, 9.17) is 4.42 Å². The van der Waals surface area contributed by atoms with E-state index in [0.29, 0.717) is 0 Å². The zero-order valence-corrected chi connectivity index (χ0v) is 33.3. The highest BCUT2D eigenvalue weighted by atomic mass is 31.2. The summed E-state index contributed by atoms with van der Waals surface area (Å²) >= 11 is 0. The molecular formula is C55H35N2O2P. The molecular weight excluding hydrogens is 752 g/mol. The van der Waals surface area contributed by atoms with Gasteiger partial charge in [0.2, 0.25) is 0 Å². The van der Waals surface area contributed by atoms with E-state index < -0.39 is 12.6 Å². The van der Waals surface area contributed by atoms with Gasteiger partial charge in [-0.3, -0.25) is 0 Å². The first-order valence-corrected chi connectivity index (χ1v) is 22.2. The van der Waals surface area contributed by atoms with Crippen LogP contribution in [0.2, 0.25) is 0 Å². The van der Waals surface area contributed by atoms with Gasteiger partial charge in [0.05, 0.1) is 27.8 Å². The molecule has 4 nitrogen and oxygen atoms in total. The molecule has 11 aromatic rings. The number of benzene rings is 9. The van der Waals surface area contributed by atoms with Crippen molar-refractivity contribution in [2.45, 2.75) is 5.41 Å². The van der Waals surface area contributed by atoms with Gasteiger partial charge in [0.1, 0.15) is 11.2 Å². The van der Waals surface area contributed by atoms with Crippen LogP contribution in [-0.2, 0) is 9.98 Å². The third-order valence-corrected chi connectivity index (χ3v) is 16.2. The summed E-state index contributed by atoms with van der Waals surface area (Å²) in [6.07, 6.45) is 0. The van der Waals surface area contributed by atoms with Gasteiger partial charge in [-0.25, -0.2) is 0 Å². The van der Waals surface area contributed by atoms with Gasteiger partial charge in [-0.2, -0.15) is 0 Å². The number of hydrogen-bond acceptors (Lipinski definition) is 3. The summed E-state index contributed by atoms with van der Waals surface area (Å²) in [7, 11) is -3.46. The van der Waals surface area contributed by atoms with Gasteiger partial charge in [0.15, 0.2) is 7.14 Å². The monoisotopic (exact) mass is 786 g/mol. The molecule has 282 valence electrons. The molecule has 0 saturated heterocycles. The largest absolute Gasteiger partial charge is 0.456 e. The highest BCUT2D eigenvalue weighted by Crippen LogP contribution is 2.63. The molecule has 13 rings (SSSR count). The van der Waals surface area contributed by atoms with Crippen molar-refractivity contribution in [2.24, 2.45) is 0 Å². The first-order valence-electron chi connectivity index (χ1n) is 20.5. The Balaban J connectivity index is 1.22. The van der Waals surface area contributed by atoms with Crippen molar-refractivity contribution < 1.29 is 8.98 Å². The SMILES string of the molecule is O=P1(c2ccccc2)c2ccccc2C2(c3ccccc3N(c3ccccc3)c3cc(-n4c5ccccc5c5ccccc54)ccc32)c2cc3c(cc21)oc1ccccc13. The number of para-hydroxylation sites is 5. The molecule has 2 unspecified atom stereocenters. The number of nitrogens with zero attached hydrogens (tertiary/aromatic N) is 2. The molecule has 2 aliphatic rings. The molecule has 2 atom stereocenters. The van der Waals surface area contributed by atoms with Crippen LogP contribution in [0.3, 0.4) is 0 Å². The maximum atomic E-state index is 16.7. The standard InChI is InChI=1S/C55H35N2O2P/c58-60(38-19-5-2-6-20-38)53-30-16-11-25-45(53)55(46-34-42-41-23-9-15-29-51(41)59-52(42)35-54(46)60)43-24-10-14-28-49(43)56(36-17-3-1-4-18-36)50-33-37(31-32-44(50)55)57-47-26-12-7-21-39(47)40-22-8-13-27-48(40)57/h1-35H. The van der Waals surface area contributed by atoms with Crippen molar-refractivity contribution in [1.29, 1.82) is 0 Å². The Labute approximate surface area is 346 Å². The molecule has 5 heteroatoms. The summed E-state index contributed by atoms with van der Waals surface area (Å²) in [4.78, 5) is 2.42. The fraction of sp³-hybridized carbons (Fsp3) is 0.0182. The van der Waals surface area contributed by atoms with Crippen LogP contribution in [0.15, 0.2) is 217 Å². The van der Waals surface area contributed by atoms with E-state index in [2.05, 4.69) is 173 Å². The van der Waals surface area contributed by atoms with Crippen LogP contribution >= 0.6 is 7.14 Å². The van der Waals surface area contributed by atoms with E-state index in [0.717, 1.165) is 93.9 Å². The molecule has 1 spiro atoms. The summed E-state index contributed by atoms with van der Waals surface area (Å²) in [6, 6.07) is 75.1. The van der Waals surface area contributed by atoms with Gasteiger partial charge in [-0.1, -0.05) is 152 Å². The summed E-state index contributed by atoms with van der Waals surface area (Å²) in [5, 5.41) is 6.94. The average Bonchev–Trinajstić information content (AvgIpc) is 3.86. The molecule has 0 bridgehead atoms. The molecule has 2 aromatic heterocycles. The van der Waals surface area contributed by atoms with E-state index in [1.165, 1.54) is 10.8 Å². The smallest absolute Gasteiger partial charge is 0.171 e. The Bertz CT molecular complexity index is 3550. The molecule has 0 saturated carbocycles. The van der Waals surface area contributed by atoms with E-state index in [1.807, 2.05) is 48.5 Å². The Morgan fingerprint density at radius 3 is 1.77 bits per heavy atom. The van der Waals surface area contributed by atoms with Crippen molar-refractivity contribution in [3.63, 3.8) is 0 Å². The van der Waals surface area contributed by atoms with Crippen molar-refractivity contribution >= 4 is 83.9 Å². The summed E-state index contributed by atoms with van der Waals surface area (Å²) in [5.41, 5.74) is 11.6. The second kappa shape index (κ2) is 12.3. The lowest BCUT2D eigenvalue weighted by atomic mass is 9.62. The molecule has 60 heavy (non-hydrogen) atoms. The number of aromatic nitrogens is 1.